The molecule has 1 aliphatic heterocycles. The number of hydrogen-bond donors (Lipinski definition) is 0. The van der Waals surface area contributed by atoms with Crippen LogP contribution in [0.15, 0.2) is 30.3 Å². The van der Waals surface area contributed by atoms with Crippen molar-refractivity contribution in [2.24, 2.45) is 5.92 Å². The van der Waals surface area contributed by atoms with Gasteiger partial charge in [-0.25, -0.2) is 0 Å². The number of benzene rings is 1. The number of rotatable bonds is 3. The van der Waals surface area contributed by atoms with Gasteiger partial charge in [-0.3, -0.25) is 4.79 Å². The Labute approximate surface area is 127 Å². The molecule has 1 unspecified atom stereocenters. The fourth-order valence-corrected chi connectivity index (χ4v) is 3.84. The van der Waals surface area contributed by atoms with Gasteiger partial charge in [-0.05, 0) is 50.2 Å². The second kappa shape index (κ2) is 6.46. The van der Waals surface area contributed by atoms with E-state index in [1.165, 1.54) is 44.1 Å². The van der Waals surface area contributed by atoms with Crippen LogP contribution in [0.3, 0.4) is 0 Å². The predicted molar refractivity (Wildman–Crippen MR) is 86.9 cm³/mol. The molecule has 0 N–H and O–H groups in total. The Hall–Kier alpha value is -1.57. The average Bonchev–Trinajstić information content (AvgIpc) is 3.16. The van der Waals surface area contributed by atoms with E-state index in [0.29, 0.717) is 6.04 Å². The summed E-state index contributed by atoms with van der Waals surface area (Å²) in [5, 5.41) is 0. The summed E-state index contributed by atoms with van der Waals surface area (Å²) >= 11 is 0. The number of hydrogen-bond acceptors (Lipinski definition) is 1. The lowest BCUT2D eigenvalue weighted by atomic mass is 9.96. The number of nitrogens with zero attached hydrogens (tertiary/aromatic N) is 1. The summed E-state index contributed by atoms with van der Waals surface area (Å²) in [6.07, 6.45) is 11.4. The largest absolute Gasteiger partial charge is 0.336 e. The Morgan fingerprint density at radius 2 is 1.81 bits per heavy atom. The molecule has 1 aromatic carbocycles. The number of carbonyl (C=O) groups is 1. The normalized spacial score (nSPS) is 23.3. The van der Waals surface area contributed by atoms with Gasteiger partial charge in [0.25, 0.3) is 0 Å². The molecule has 1 heterocycles. The maximum atomic E-state index is 12.5. The van der Waals surface area contributed by atoms with Gasteiger partial charge in [0.15, 0.2) is 0 Å². The molecule has 1 aliphatic carbocycles. The van der Waals surface area contributed by atoms with Gasteiger partial charge < -0.3 is 4.90 Å². The number of amides is 1. The molecule has 3 rings (SSSR count). The first-order valence-electron chi connectivity index (χ1n) is 8.29. The van der Waals surface area contributed by atoms with E-state index >= 15 is 0 Å². The summed E-state index contributed by atoms with van der Waals surface area (Å²) in [5.74, 6) is 0.953. The third kappa shape index (κ3) is 3.37. The third-order valence-corrected chi connectivity index (χ3v) is 5.02. The monoisotopic (exact) mass is 283 g/mol. The van der Waals surface area contributed by atoms with Gasteiger partial charge in [0.2, 0.25) is 5.91 Å². The molecule has 1 atom stereocenters. The minimum Gasteiger partial charge on any atom is -0.336 e. The third-order valence-electron chi connectivity index (χ3n) is 5.02. The molecule has 0 aromatic heterocycles. The Balaban J connectivity index is 1.65. The van der Waals surface area contributed by atoms with E-state index in [1.807, 2.05) is 6.08 Å². The standard InChI is InChI=1S/C19H25NO/c1-15-8-10-16(11-9-15)12-13-19(21)20-14-4-7-18(20)17-5-2-3-6-17/h8-13,17-18H,2-7,14H2,1H3/b13-12+. The molecule has 0 spiro atoms. The summed E-state index contributed by atoms with van der Waals surface area (Å²) in [7, 11) is 0. The molecule has 2 nitrogen and oxygen atoms in total. The van der Waals surface area contributed by atoms with Crippen molar-refractivity contribution in [3.8, 4) is 0 Å². The van der Waals surface area contributed by atoms with Gasteiger partial charge in [-0.15, -0.1) is 0 Å². The second-order valence-corrected chi connectivity index (χ2v) is 6.53. The Bertz CT molecular complexity index is 511. The number of aryl methyl sites for hydroxylation is 1. The van der Waals surface area contributed by atoms with Gasteiger partial charge in [-0.1, -0.05) is 42.7 Å². The molecule has 1 saturated heterocycles. The van der Waals surface area contributed by atoms with Crippen molar-refractivity contribution in [3.05, 3.63) is 41.5 Å². The molecule has 0 radical (unpaired) electrons. The summed E-state index contributed by atoms with van der Waals surface area (Å²) in [5.41, 5.74) is 2.35. The van der Waals surface area contributed by atoms with Crippen LogP contribution in [0.2, 0.25) is 0 Å². The first kappa shape index (κ1) is 14.4. The molecule has 1 aromatic rings. The molecule has 112 valence electrons. The van der Waals surface area contributed by atoms with Gasteiger partial charge in [0.05, 0.1) is 0 Å². The fraction of sp³-hybridized carbons (Fsp3) is 0.526. The van der Waals surface area contributed by atoms with Gasteiger partial charge in [0, 0.05) is 18.7 Å². The minimum absolute atomic E-state index is 0.199. The summed E-state index contributed by atoms with van der Waals surface area (Å²) in [6.45, 7) is 3.02. The van der Waals surface area contributed by atoms with Crippen LogP contribution in [-0.4, -0.2) is 23.4 Å². The lowest BCUT2D eigenvalue weighted by Crippen LogP contribution is -2.38. The zero-order valence-corrected chi connectivity index (χ0v) is 12.9. The van der Waals surface area contributed by atoms with Crippen LogP contribution in [0.5, 0.6) is 0 Å². The van der Waals surface area contributed by atoms with Crippen LogP contribution in [0.25, 0.3) is 6.08 Å². The predicted octanol–water partition coefficient (Wildman–Crippen LogP) is 4.19. The van der Waals surface area contributed by atoms with E-state index in [4.69, 9.17) is 0 Å². The highest BCUT2D eigenvalue weighted by atomic mass is 16.2. The van der Waals surface area contributed by atoms with E-state index < -0.39 is 0 Å². The quantitative estimate of drug-likeness (QED) is 0.762. The zero-order valence-electron chi connectivity index (χ0n) is 12.9. The Morgan fingerprint density at radius 1 is 1.10 bits per heavy atom. The molecule has 1 amide bonds. The zero-order chi connectivity index (χ0) is 14.7. The SMILES string of the molecule is Cc1ccc(/C=C/C(=O)N2CCCC2C2CCCC2)cc1. The van der Waals surface area contributed by atoms with Crippen molar-refractivity contribution < 1.29 is 4.79 Å². The number of likely N-dealkylation sites (tertiary alicyclic amines) is 1. The topological polar surface area (TPSA) is 20.3 Å². The van der Waals surface area contributed by atoms with Crippen molar-refractivity contribution in [3.63, 3.8) is 0 Å². The van der Waals surface area contributed by atoms with Crippen LogP contribution in [0.1, 0.15) is 49.7 Å². The van der Waals surface area contributed by atoms with Crippen LogP contribution in [0, 0.1) is 12.8 Å². The Kier molecular flexibility index (Phi) is 4.42. The maximum absolute atomic E-state index is 12.5. The minimum atomic E-state index is 0.199. The van der Waals surface area contributed by atoms with Gasteiger partial charge in [0.1, 0.15) is 0 Å². The lowest BCUT2D eigenvalue weighted by Gasteiger charge is -2.28. The highest BCUT2D eigenvalue weighted by molar-refractivity contribution is 5.92. The first-order chi connectivity index (χ1) is 10.2. The molecule has 21 heavy (non-hydrogen) atoms. The second-order valence-electron chi connectivity index (χ2n) is 6.53. The highest BCUT2D eigenvalue weighted by Gasteiger charge is 2.34. The van der Waals surface area contributed by atoms with Crippen LogP contribution in [0.4, 0.5) is 0 Å². The van der Waals surface area contributed by atoms with Crippen LogP contribution < -0.4 is 0 Å². The van der Waals surface area contributed by atoms with Gasteiger partial charge >= 0.3 is 0 Å². The smallest absolute Gasteiger partial charge is 0.246 e. The number of carbonyl (C=O) groups excluding carboxylic acids is 1. The van der Waals surface area contributed by atoms with E-state index in [1.54, 1.807) is 6.08 Å². The molecule has 2 fully saturated rings. The average molecular weight is 283 g/mol. The molecule has 0 bridgehead atoms. The summed E-state index contributed by atoms with van der Waals surface area (Å²) in [6, 6.07) is 8.81. The van der Waals surface area contributed by atoms with Crippen LogP contribution in [-0.2, 0) is 4.79 Å². The maximum Gasteiger partial charge on any atom is 0.246 e. The molecular weight excluding hydrogens is 258 g/mol. The lowest BCUT2D eigenvalue weighted by molar-refractivity contribution is -0.127. The molecule has 2 heteroatoms. The van der Waals surface area contributed by atoms with Crippen LogP contribution >= 0.6 is 0 Å². The molecular formula is C19H25NO. The fourth-order valence-electron chi connectivity index (χ4n) is 3.84. The van der Waals surface area contributed by atoms with Crippen molar-refractivity contribution >= 4 is 12.0 Å². The highest BCUT2D eigenvalue weighted by Crippen LogP contribution is 2.35. The summed E-state index contributed by atoms with van der Waals surface area (Å²) in [4.78, 5) is 14.6. The van der Waals surface area contributed by atoms with Crippen molar-refractivity contribution in [1.29, 1.82) is 0 Å². The molecule has 1 saturated carbocycles. The van der Waals surface area contributed by atoms with Crippen molar-refractivity contribution in [2.75, 3.05) is 6.54 Å². The van der Waals surface area contributed by atoms with Crippen molar-refractivity contribution in [2.45, 2.75) is 51.5 Å². The van der Waals surface area contributed by atoms with E-state index in [0.717, 1.165) is 18.0 Å². The summed E-state index contributed by atoms with van der Waals surface area (Å²) < 4.78 is 0. The van der Waals surface area contributed by atoms with Gasteiger partial charge in [-0.2, -0.15) is 0 Å². The first-order valence-corrected chi connectivity index (χ1v) is 8.29. The molecule has 2 aliphatic rings. The Morgan fingerprint density at radius 3 is 2.52 bits per heavy atom. The van der Waals surface area contributed by atoms with E-state index in [2.05, 4.69) is 36.1 Å². The van der Waals surface area contributed by atoms with E-state index in [9.17, 15) is 4.79 Å². The van der Waals surface area contributed by atoms with Crippen molar-refractivity contribution in [1.82, 2.24) is 4.90 Å². The van der Waals surface area contributed by atoms with E-state index in [-0.39, 0.29) is 5.91 Å².